The van der Waals surface area contributed by atoms with Crippen molar-refractivity contribution in [1.82, 2.24) is 15.1 Å². The van der Waals surface area contributed by atoms with Gasteiger partial charge in [0.15, 0.2) is 0 Å². The Balaban J connectivity index is 2.51. The number of rotatable bonds is 6. The monoisotopic (exact) mass is 243 g/mol. The van der Waals surface area contributed by atoms with Gasteiger partial charge in [-0.2, -0.15) is 0 Å². The average Bonchev–Trinajstić information content (AvgIpc) is 2.62. The minimum Gasteiger partial charge on any atom is -0.396 e. The van der Waals surface area contributed by atoms with Crippen LogP contribution in [0.4, 0.5) is 4.79 Å². The third-order valence-corrected chi connectivity index (χ3v) is 2.55. The molecule has 96 valence electrons. The number of aliphatic hydroxyl groups excluding tert-OH is 1. The molecule has 4 amide bonds. The first-order valence-electron chi connectivity index (χ1n) is 5.57. The van der Waals surface area contributed by atoms with Crippen LogP contribution in [-0.2, 0) is 9.59 Å². The SMILES string of the molecule is CCN(CCCO)C(=O)CN1C(=O)CNC1=O. The molecule has 0 bridgehead atoms. The molecule has 0 radical (unpaired) electrons. The molecule has 0 aromatic carbocycles. The molecule has 0 aliphatic carbocycles. The highest BCUT2D eigenvalue weighted by molar-refractivity contribution is 6.04. The van der Waals surface area contributed by atoms with Gasteiger partial charge in [0.05, 0.1) is 6.54 Å². The van der Waals surface area contributed by atoms with Gasteiger partial charge in [-0.25, -0.2) is 4.79 Å². The van der Waals surface area contributed by atoms with Crippen molar-refractivity contribution >= 4 is 17.8 Å². The van der Waals surface area contributed by atoms with Crippen LogP contribution in [0.3, 0.4) is 0 Å². The van der Waals surface area contributed by atoms with Crippen molar-refractivity contribution in [3.05, 3.63) is 0 Å². The Labute approximate surface area is 99.4 Å². The number of aliphatic hydroxyl groups is 1. The molecule has 1 rings (SSSR count). The van der Waals surface area contributed by atoms with E-state index in [0.717, 1.165) is 4.90 Å². The summed E-state index contributed by atoms with van der Waals surface area (Å²) in [7, 11) is 0. The maximum absolute atomic E-state index is 11.8. The van der Waals surface area contributed by atoms with E-state index in [9.17, 15) is 14.4 Å². The van der Waals surface area contributed by atoms with Crippen LogP contribution in [-0.4, -0.2) is 65.5 Å². The molecule has 1 aliphatic rings. The maximum atomic E-state index is 11.8. The number of imide groups is 1. The van der Waals surface area contributed by atoms with Gasteiger partial charge in [0.25, 0.3) is 5.91 Å². The lowest BCUT2D eigenvalue weighted by molar-refractivity contribution is -0.136. The Morgan fingerprint density at radius 1 is 1.53 bits per heavy atom. The van der Waals surface area contributed by atoms with Gasteiger partial charge in [-0.15, -0.1) is 0 Å². The molecule has 17 heavy (non-hydrogen) atoms. The fourth-order valence-electron chi connectivity index (χ4n) is 1.57. The normalized spacial score (nSPS) is 15.1. The molecule has 0 aromatic heterocycles. The highest BCUT2D eigenvalue weighted by Gasteiger charge is 2.31. The van der Waals surface area contributed by atoms with E-state index in [1.54, 1.807) is 6.92 Å². The number of carbonyl (C=O) groups excluding carboxylic acids is 3. The van der Waals surface area contributed by atoms with Crippen LogP contribution in [0.2, 0.25) is 0 Å². The largest absolute Gasteiger partial charge is 0.396 e. The Morgan fingerprint density at radius 2 is 2.24 bits per heavy atom. The molecule has 0 atom stereocenters. The van der Waals surface area contributed by atoms with Crippen molar-refractivity contribution in [2.75, 3.05) is 32.8 Å². The minimum absolute atomic E-state index is 0.00686. The Hall–Kier alpha value is -1.63. The van der Waals surface area contributed by atoms with Gasteiger partial charge in [0.1, 0.15) is 6.54 Å². The second-order valence-electron chi connectivity index (χ2n) is 3.69. The van der Waals surface area contributed by atoms with Crippen LogP contribution >= 0.6 is 0 Å². The van der Waals surface area contributed by atoms with Gasteiger partial charge >= 0.3 is 6.03 Å². The minimum atomic E-state index is -0.526. The lowest BCUT2D eigenvalue weighted by Crippen LogP contribution is -2.43. The zero-order valence-electron chi connectivity index (χ0n) is 9.81. The molecule has 1 aliphatic heterocycles. The van der Waals surface area contributed by atoms with E-state index >= 15 is 0 Å². The second-order valence-corrected chi connectivity index (χ2v) is 3.69. The number of nitrogens with one attached hydrogen (secondary N) is 1. The zero-order valence-corrected chi connectivity index (χ0v) is 9.81. The highest BCUT2D eigenvalue weighted by Crippen LogP contribution is 2.01. The van der Waals surface area contributed by atoms with Crippen molar-refractivity contribution in [1.29, 1.82) is 0 Å². The van der Waals surface area contributed by atoms with Crippen molar-refractivity contribution < 1.29 is 19.5 Å². The number of hydrogen-bond acceptors (Lipinski definition) is 4. The van der Waals surface area contributed by atoms with Crippen LogP contribution in [0, 0.1) is 0 Å². The number of carbonyl (C=O) groups is 3. The van der Waals surface area contributed by atoms with Crippen LogP contribution in [0.15, 0.2) is 0 Å². The van der Waals surface area contributed by atoms with Crippen molar-refractivity contribution in [3.63, 3.8) is 0 Å². The lowest BCUT2D eigenvalue weighted by Gasteiger charge is -2.22. The quantitative estimate of drug-likeness (QED) is 0.571. The number of amides is 4. The molecule has 0 unspecified atom stereocenters. The maximum Gasteiger partial charge on any atom is 0.325 e. The number of nitrogens with zero attached hydrogens (tertiary/aromatic N) is 2. The molecular weight excluding hydrogens is 226 g/mol. The first kappa shape index (κ1) is 13.4. The molecule has 7 nitrogen and oxygen atoms in total. The summed E-state index contributed by atoms with van der Waals surface area (Å²) in [6.07, 6.45) is 0.486. The van der Waals surface area contributed by atoms with E-state index in [1.807, 2.05) is 0 Å². The van der Waals surface area contributed by atoms with Gasteiger partial charge in [-0.05, 0) is 13.3 Å². The third-order valence-electron chi connectivity index (χ3n) is 2.55. The lowest BCUT2D eigenvalue weighted by atomic mass is 10.3. The topological polar surface area (TPSA) is 89.9 Å². The van der Waals surface area contributed by atoms with E-state index in [1.165, 1.54) is 4.90 Å². The van der Waals surface area contributed by atoms with E-state index in [0.29, 0.717) is 19.5 Å². The second kappa shape index (κ2) is 6.19. The number of likely N-dealkylation sites (N-methyl/N-ethyl adjacent to an activating group) is 1. The molecule has 1 heterocycles. The fraction of sp³-hybridized carbons (Fsp3) is 0.700. The van der Waals surface area contributed by atoms with E-state index < -0.39 is 6.03 Å². The predicted molar refractivity (Wildman–Crippen MR) is 59.1 cm³/mol. The standard InChI is InChI=1S/C10H17N3O4/c1-2-12(4-3-5-14)9(16)7-13-8(15)6-11-10(13)17/h14H,2-7H2,1H3,(H,11,17). The number of hydrogen-bond donors (Lipinski definition) is 2. The number of urea groups is 1. The third kappa shape index (κ3) is 3.42. The highest BCUT2D eigenvalue weighted by atomic mass is 16.3. The van der Waals surface area contributed by atoms with Crippen LogP contribution in [0.5, 0.6) is 0 Å². The summed E-state index contributed by atoms with van der Waals surface area (Å²) < 4.78 is 0. The summed E-state index contributed by atoms with van der Waals surface area (Å²) in [5.41, 5.74) is 0. The molecular formula is C10H17N3O4. The van der Waals surface area contributed by atoms with E-state index in [4.69, 9.17) is 5.11 Å². The molecule has 0 spiro atoms. The predicted octanol–water partition coefficient (Wildman–Crippen LogP) is -1.23. The molecule has 0 aromatic rings. The smallest absolute Gasteiger partial charge is 0.325 e. The van der Waals surface area contributed by atoms with Crippen LogP contribution in [0.25, 0.3) is 0 Å². The summed E-state index contributed by atoms with van der Waals surface area (Å²) in [4.78, 5) is 36.7. The van der Waals surface area contributed by atoms with Crippen LogP contribution < -0.4 is 5.32 Å². The van der Waals surface area contributed by atoms with Gasteiger partial charge < -0.3 is 15.3 Å². The van der Waals surface area contributed by atoms with Crippen molar-refractivity contribution in [2.45, 2.75) is 13.3 Å². The van der Waals surface area contributed by atoms with Gasteiger partial charge in [0.2, 0.25) is 5.91 Å². The Morgan fingerprint density at radius 3 is 2.71 bits per heavy atom. The van der Waals surface area contributed by atoms with Crippen molar-refractivity contribution in [3.8, 4) is 0 Å². The summed E-state index contributed by atoms with van der Waals surface area (Å²) in [5.74, 6) is -0.673. The molecule has 2 N–H and O–H groups in total. The summed E-state index contributed by atoms with van der Waals surface area (Å²) in [6, 6.07) is -0.526. The first-order valence-corrected chi connectivity index (χ1v) is 5.57. The molecule has 1 saturated heterocycles. The molecule has 1 fully saturated rings. The van der Waals surface area contributed by atoms with E-state index in [-0.39, 0.29) is 31.5 Å². The van der Waals surface area contributed by atoms with Gasteiger partial charge in [-0.1, -0.05) is 0 Å². The summed E-state index contributed by atoms with van der Waals surface area (Å²) in [6.45, 7) is 2.45. The van der Waals surface area contributed by atoms with Gasteiger partial charge in [0, 0.05) is 19.7 Å². The van der Waals surface area contributed by atoms with Gasteiger partial charge in [-0.3, -0.25) is 14.5 Å². The molecule has 0 saturated carbocycles. The van der Waals surface area contributed by atoms with Crippen LogP contribution in [0.1, 0.15) is 13.3 Å². The summed E-state index contributed by atoms with van der Waals surface area (Å²) in [5, 5.41) is 11.0. The fourth-order valence-corrected chi connectivity index (χ4v) is 1.57. The average molecular weight is 243 g/mol. The zero-order chi connectivity index (χ0) is 12.8. The van der Waals surface area contributed by atoms with Crippen molar-refractivity contribution in [2.24, 2.45) is 0 Å². The Kier molecular flexibility index (Phi) is 4.89. The first-order chi connectivity index (χ1) is 8.10. The summed E-state index contributed by atoms with van der Waals surface area (Å²) >= 11 is 0. The van der Waals surface area contributed by atoms with E-state index in [2.05, 4.69) is 5.32 Å². The Bertz CT molecular complexity index is 303. The molecule has 7 heteroatoms.